The van der Waals surface area contributed by atoms with Crippen molar-refractivity contribution in [1.29, 1.82) is 0 Å². The van der Waals surface area contributed by atoms with Gasteiger partial charge in [0.1, 0.15) is 10.4 Å². The van der Waals surface area contributed by atoms with Gasteiger partial charge in [-0.15, -0.1) is 5.92 Å². The van der Waals surface area contributed by atoms with Crippen LogP contribution in [0.5, 0.6) is 0 Å². The highest BCUT2D eigenvalue weighted by molar-refractivity contribution is 9.10. The third-order valence-electron chi connectivity index (χ3n) is 1.83. The van der Waals surface area contributed by atoms with Crippen molar-refractivity contribution in [2.45, 2.75) is 24.2 Å². The van der Waals surface area contributed by atoms with Crippen LogP contribution in [0.25, 0.3) is 0 Å². The van der Waals surface area contributed by atoms with Crippen molar-refractivity contribution in [2.24, 2.45) is 0 Å². The van der Waals surface area contributed by atoms with Crippen molar-refractivity contribution < 1.29 is 14.3 Å². The van der Waals surface area contributed by atoms with Crippen LogP contribution in [0.15, 0.2) is 0 Å². The highest BCUT2D eigenvalue weighted by Gasteiger charge is 2.26. The lowest BCUT2D eigenvalue weighted by atomic mass is 10.0. The van der Waals surface area contributed by atoms with Gasteiger partial charge in [-0.3, -0.25) is 4.79 Å². The van der Waals surface area contributed by atoms with Crippen LogP contribution in [-0.2, 0) is 14.3 Å². The monoisotopic (exact) mass is 291 g/mol. The molecule has 4 nitrogen and oxygen atoms in total. The van der Waals surface area contributed by atoms with Gasteiger partial charge < -0.3 is 14.8 Å². The number of carbonyl (C=O) groups excluding carboxylic acids is 1. The summed E-state index contributed by atoms with van der Waals surface area (Å²) in [4.78, 5) is 11.4. The molecule has 0 aromatic heterocycles. The minimum absolute atomic E-state index is 0.163. The molecule has 0 heterocycles. The van der Waals surface area contributed by atoms with E-state index in [1.54, 1.807) is 21.1 Å². The zero-order chi connectivity index (χ0) is 12.6. The van der Waals surface area contributed by atoms with Gasteiger partial charge in [0, 0.05) is 14.2 Å². The van der Waals surface area contributed by atoms with E-state index in [-0.39, 0.29) is 10.7 Å². The van der Waals surface area contributed by atoms with E-state index in [4.69, 9.17) is 9.47 Å². The summed E-state index contributed by atoms with van der Waals surface area (Å²) in [6.45, 7) is 4.19. The van der Waals surface area contributed by atoms with E-state index in [2.05, 4.69) is 33.1 Å². The summed E-state index contributed by atoms with van der Waals surface area (Å²) in [6, 6.07) is 0. The Kier molecular flexibility index (Phi) is 7.39. The molecule has 0 fully saturated rings. The Labute approximate surface area is 105 Å². The average Bonchev–Trinajstić information content (AvgIpc) is 2.18. The summed E-state index contributed by atoms with van der Waals surface area (Å²) < 4.78 is 9.92. The van der Waals surface area contributed by atoms with E-state index < -0.39 is 5.54 Å². The Bertz CT molecular complexity index is 285. The Morgan fingerprint density at radius 2 is 2.12 bits per heavy atom. The van der Waals surface area contributed by atoms with Crippen molar-refractivity contribution >= 4 is 21.8 Å². The average molecular weight is 292 g/mol. The first kappa shape index (κ1) is 15.4. The molecule has 0 saturated heterocycles. The molecular formula is C11H18BrNO3. The predicted octanol–water partition coefficient (Wildman–Crippen LogP) is 0.941. The maximum Gasteiger partial charge on any atom is 0.237 e. The molecule has 0 aliphatic heterocycles. The summed E-state index contributed by atoms with van der Waals surface area (Å²) in [5.74, 6) is 5.53. The maximum absolute atomic E-state index is 11.7. The first-order valence-corrected chi connectivity index (χ1v) is 5.78. The van der Waals surface area contributed by atoms with Crippen molar-refractivity contribution in [3.63, 3.8) is 0 Å². The minimum atomic E-state index is -0.666. The second-order valence-corrected chi connectivity index (χ2v) is 4.66. The molecule has 2 unspecified atom stereocenters. The Balaban J connectivity index is 4.49. The van der Waals surface area contributed by atoms with Crippen molar-refractivity contribution in [1.82, 2.24) is 5.32 Å². The van der Waals surface area contributed by atoms with Crippen LogP contribution < -0.4 is 5.32 Å². The zero-order valence-corrected chi connectivity index (χ0v) is 11.7. The first-order valence-electron chi connectivity index (χ1n) is 4.87. The normalized spacial score (nSPS) is 15.6. The van der Waals surface area contributed by atoms with Gasteiger partial charge in [-0.25, -0.2) is 0 Å². The molecule has 92 valence electrons. The van der Waals surface area contributed by atoms with Crippen LogP contribution >= 0.6 is 15.9 Å². The van der Waals surface area contributed by atoms with E-state index in [0.29, 0.717) is 13.2 Å². The number of hydrogen-bond donors (Lipinski definition) is 1. The van der Waals surface area contributed by atoms with Crippen LogP contribution in [-0.4, -0.2) is 43.7 Å². The molecule has 1 amide bonds. The fourth-order valence-corrected chi connectivity index (χ4v) is 1.62. The number of ether oxygens (including phenoxy) is 2. The molecule has 5 heteroatoms. The van der Waals surface area contributed by atoms with Crippen LogP contribution in [0.1, 0.15) is 13.8 Å². The molecule has 0 spiro atoms. The number of halogens is 1. The third kappa shape index (κ3) is 5.50. The zero-order valence-electron chi connectivity index (χ0n) is 10.1. The number of nitrogens with one attached hydrogen (secondary N) is 1. The van der Waals surface area contributed by atoms with Crippen LogP contribution in [0.2, 0.25) is 0 Å². The van der Waals surface area contributed by atoms with Gasteiger partial charge in [0.05, 0.1) is 13.2 Å². The molecule has 16 heavy (non-hydrogen) atoms. The van der Waals surface area contributed by atoms with Gasteiger partial charge >= 0.3 is 0 Å². The SMILES string of the molecule is CC#CC(C)(COC)NC(=O)C(Br)COC. The lowest BCUT2D eigenvalue weighted by molar-refractivity contribution is -0.122. The van der Waals surface area contributed by atoms with Crippen LogP contribution in [0.3, 0.4) is 0 Å². The maximum atomic E-state index is 11.7. The largest absolute Gasteiger partial charge is 0.383 e. The molecule has 0 aliphatic rings. The molecule has 1 N–H and O–H groups in total. The lowest BCUT2D eigenvalue weighted by Crippen LogP contribution is -2.51. The molecule has 0 radical (unpaired) electrons. The van der Waals surface area contributed by atoms with Gasteiger partial charge in [-0.2, -0.15) is 0 Å². The van der Waals surface area contributed by atoms with Gasteiger partial charge in [-0.1, -0.05) is 21.9 Å². The fourth-order valence-electron chi connectivity index (χ4n) is 1.24. The molecule has 0 aromatic carbocycles. The number of hydrogen-bond acceptors (Lipinski definition) is 3. The topological polar surface area (TPSA) is 47.6 Å². The Morgan fingerprint density at radius 3 is 2.56 bits per heavy atom. The summed E-state index contributed by atoms with van der Waals surface area (Å²) >= 11 is 3.23. The van der Waals surface area contributed by atoms with Crippen molar-refractivity contribution in [3.05, 3.63) is 0 Å². The van der Waals surface area contributed by atoms with Gasteiger partial charge in [0.15, 0.2) is 0 Å². The number of alkyl halides is 1. The second kappa shape index (κ2) is 7.66. The second-order valence-electron chi connectivity index (χ2n) is 3.55. The summed E-state index contributed by atoms with van der Waals surface area (Å²) in [6.07, 6.45) is 0. The van der Waals surface area contributed by atoms with E-state index in [1.807, 2.05) is 6.92 Å². The first-order chi connectivity index (χ1) is 7.49. The molecule has 0 saturated carbocycles. The highest BCUT2D eigenvalue weighted by Crippen LogP contribution is 2.07. The summed E-state index contributed by atoms with van der Waals surface area (Å²) in [7, 11) is 3.12. The van der Waals surface area contributed by atoms with Crippen LogP contribution in [0, 0.1) is 11.8 Å². The number of rotatable bonds is 6. The van der Waals surface area contributed by atoms with E-state index in [1.165, 1.54) is 0 Å². The van der Waals surface area contributed by atoms with E-state index in [9.17, 15) is 4.79 Å². The molecule has 0 bridgehead atoms. The number of amides is 1. The van der Waals surface area contributed by atoms with Crippen LogP contribution in [0.4, 0.5) is 0 Å². The molecule has 2 atom stereocenters. The van der Waals surface area contributed by atoms with Crippen molar-refractivity contribution in [3.8, 4) is 11.8 Å². The highest BCUT2D eigenvalue weighted by atomic mass is 79.9. The van der Waals surface area contributed by atoms with Crippen molar-refractivity contribution in [2.75, 3.05) is 27.4 Å². The van der Waals surface area contributed by atoms with Gasteiger partial charge in [-0.05, 0) is 13.8 Å². The standard InChI is InChI=1S/C11H18BrNO3/c1-5-6-11(2,8-16-4)13-10(14)9(12)7-15-3/h9H,7-8H2,1-4H3,(H,13,14). The number of carbonyl (C=O) groups is 1. The predicted molar refractivity (Wildman–Crippen MR) is 66.5 cm³/mol. The molecule has 0 aliphatic carbocycles. The Morgan fingerprint density at radius 1 is 1.50 bits per heavy atom. The lowest BCUT2D eigenvalue weighted by Gasteiger charge is -2.25. The third-order valence-corrected chi connectivity index (χ3v) is 2.51. The number of methoxy groups -OCH3 is 2. The van der Waals surface area contributed by atoms with E-state index >= 15 is 0 Å². The van der Waals surface area contributed by atoms with Gasteiger partial charge in [0.2, 0.25) is 5.91 Å². The fraction of sp³-hybridized carbons (Fsp3) is 0.727. The minimum Gasteiger partial charge on any atom is -0.383 e. The molecular weight excluding hydrogens is 274 g/mol. The van der Waals surface area contributed by atoms with E-state index in [0.717, 1.165) is 0 Å². The van der Waals surface area contributed by atoms with Gasteiger partial charge in [0.25, 0.3) is 0 Å². The quantitative estimate of drug-likeness (QED) is 0.585. The molecule has 0 rings (SSSR count). The summed E-state index contributed by atoms with van der Waals surface area (Å²) in [5, 5.41) is 2.82. The Hall–Kier alpha value is -0.570. The smallest absolute Gasteiger partial charge is 0.237 e. The molecule has 0 aromatic rings. The summed E-state index contributed by atoms with van der Waals surface area (Å²) in [5.41, 5.74) is -0.666.